The third kappa shape index (κ3) is 6.52. The number of ether oxygens (including phenoxy) is 1. The summed E-state index contributed by atoms with van der Waals surface area (Å²) in [7, 11) is -4.69. The van der Waals surface area contributed by atoms with E-state index in [2.05, 4.69) is 26.0 Å². The predicted octanol–water partition coefficient (Wildman–Crippen LogP) is 2.97. The van der Waals surface area contributed by atoms with Crippen LogP contribution in [-0.2, 0) is 25.0 Å². The van der Waals surface area contributed by atoms with E-state index < -0.39 is 68.4 Å². The highest BCUT2D eigenvalue weighted by molar-refractivity contribution is 7.52. The van der Waals surface area contributed by atoms with E-state index in [0.717, 1.165) is 12.1 Å². The summed E-state index contributed by atoms with van der Waals surface area (Å²) in [4.78, 5) is 23.3. The number of hydrogen-bond donors (Lipinski definition) is 4. The second kappa shape index (κ2) is 12.2. The second-order valence-corrected chi connectivity index (χ2v) is 11.4. The van der Waals surface area contributed by atoms with Crippen molar-refractivity contribution in [2.45, 2.75) is 36.8 Å². The number of para-hydroxylation sites is 1. The number of aliphatic hydroxyl groups is 1. The summed E-state index contributed by atoms with van der Waals surface area (Å²) in [5.74, 6) is -1.35. The van der Waals surface area contributed by atoms with E-state index in [4.69, 9.17) is 25.9 Å². The molecule has 0 bridgehead atoms. The summed E-state index contributed by atoms with van der Waals surface area (Å²) in [5.41, 5.74) is 3.72. The monoisotopic (exact) mass is 632 g/mol. The number of carboxylic acid groups (broad SMARTS) is 1. The molecule has 1 aliphatic rings. The lowest BCUT2D eigenvalue weighted by atomic mass is 9.99. The Morgan fingerprint density at radius 2 is 1.95 bits per heavy atom. The van der Waals surface area contributed by atoms with E-state index >= 15 is 0 Å². The largest absolute Gasteiger partial charge is 0.480 e. The lowest BCUT2D eigenvalue weighted by Gasteiger charge is -2.30. The molecule has 4 aromatic rings. The molecule has 17 heteroatoms. The molecule has 0 saturated carbocycles. The molecule has 2 aromatic carbocycles. The standard InChI is InChI=1S/C27H24F3N6O7P/c1-2-27(20(37)12-21(42-27)36-14-32-22-23(31)33-26(30)34-24(22)36)13-41-44(40,43-18-6-4-3-5-7-18)35-19(25(38)39)10-15-8-16(28)11-17(29)9-15/h1,3-9,11,14,19-21,37H,10,12-13H2,(H,35,40)(H,38,39)(H2,31,33,34)/t19?,20-,21+,27+,44-/m0/s1. The molecule has 0 radical (unpaired) electrons. The van der Waals surface area contributed by atoms with Gasteiger partial charge in [0, 0.05) is 12.5 Å². The van der Waals surface area contributed by atoms with Gasteiger partial charge in [-0.25, -0.2) is 18.3 Å². The van der Waals surface area contributed by atoms with Gasteiger partial charge in [0.25, 0.3) is 0 Å². The van der Waals surface area contributed by atoms with Crippen molar-refractivity contribution in [2.75, 3.05) is 12.3 Å². The van der Waals surface area contributed by atoms with Crippen molar-refractivity contribution in [3.8, 4) is 18.1 Å². The van der Waals surface area contributed by atoms with Crippen LogP contribution >= 0.6 is 7.75 Å². The molecule has 0 spiro atoms. The zero-order valence-electron chi connectivity index (χ0n) is 22.5. The van der Waals surface area contributed by atoms with Crippen molar-refractivity contribution < 1.29 is 46.5 Å². The number of nitrogens with two attached hydrogens (primary N) is 1. The number of nitrogens with zero attached hydrogens (tertiary/aromatic N) is 4. The van der Waals surface area contributed by atoms with Crippen molar-refractivity contribution >= 4 is 30.7 Å². The fourth-order valence-corrected chi connectivity index (χ4v) is 6.10. The number of fused-ring (bicyclic) bond motifs is 1. The van der Waals surface area contributed by atoms with Gasteiger partial charge in [-0.2, -0.15) is 19.4 Å². The van der Waals surface area contributed by atoms with Gasteiger partial charge in [0.2, 0.25) is 0 Å². The number of terminal acetylenes is 1. The average molecular weight is 632 g/mol. The molecule has 1 aliphatic heterocycles. The maximum absolute atomic E-state index is 14.0. The van der Waals surface area contributed by atoms with Gasteiger partial charge in [0.05, 0.1) is 6.33 Å². The highest BCUT2D eigenvalue weighted by Crippen LogP contribution is 2.48. The number of nitrogens with one attached hydrogen (secondary N) is 1. The molecule has 0 aliphatic carbocycles. The van der Waals surface area contributed by atoms with Gasteiger partial charge >= 0.3 is 19.8 Å². The first kappa shape index (κ1) is 30.9. The Hall–Kier alpha value is -4.52. The van der Waals surface area contributed by atoms with E-state index in [-0.39, 0.29) is 34.7 Å². The molecule has 5 rings (SSSR count). The van der Waals surface area contributed by atoms with Crippen LogP contribution in [0.3, 0.4) is 0 Å². The zero-order chi connectivity index (χ0) is 31.6. The SMILES string of the molecule is C#C[C@]1(CO[P@@](=O)(NC(Cc2cc(F)cc(F)c2)C(=O)O)Oc2ccccc2)O[C@@H](n2cnc3c(N)nc(F)nc32)C[C@@H]1O. The molecular weight excluding hydrogens is 608 g/mol. The van der Waals surface area contributed by atoms with Crippen LogP contribution < -0.4 is 15.3 Å². The first-order valence-electron chi connectivity index (χ1n) is 12.8. The average Bonchev–Trinajstić information content (AvgIpc) is 3.52. The summed E-state index contributed by atoms with van der Waals surface area (Å²) in [6.07, 6.45) is 2.63. The molecule has 3 heterocycles. The molecule has 44 heavy (non-hydrogen) atoms. The number of nitrogen functional groups attached to an aromatic ring is 1. The second-order valence-electron chi connectivity index (χ2n) is 9.74. The molecule has 1 fully saturated rings. The van der Waals surface area contributed by atoms with E-state index in [1.54, 1.807) is 18.2 Å². The number of rotatable bonds is 11. The summed E-state index contributed by atoms with van der Waals surface area (Å²) < 4.78 is 73.8. The zero-order valence-corrected chi connectivity index (χ0v) is 23.4. The van der Waals surface area contributed by atoms with Crippen molar-refractivity contribution in [1.82, 2.24) is 24.6 Å². The number of aliphatic carboxylic acids is 1. The van der Waals surface area contributed by atoms with Gasteiger partial charge in [-0.05, 0) is 36.2 Å². The quantitative estimate of drug-likeness (QED) is 0.108. The van der Waals surface area contributed by atoms with E-state index in [1.165, 1.54) is 23.0 Å². The Bertz CT molecular complexity index is 1770. The number of imidazole rings is 1. The minimum Gasteiger partial charge on any atom is -0.480 e. The Balaban J connectivity index is 1.41. The van der Waals surface area contributed by atoms with Gasteiger partial charge in [0.1, 0.15) is 42.4 Å². The van der Waals surface area contributed by atoms with Crippen LogP contribution in [0.4, 0.5) is 19.0 Å². The number of benzene rings is 2. The third-order valence-corrected chi connectivity index (χ3v) is 8.23. The number of carboxylic acids is 1. The Labute approximate surface area is 247 Å². The molecule has 13 nitrogen and oxygen atoms in total. The Morgan fingerprint density at radius 1 is 1.25 bits per heavy atom. The van der Waals surface area contributed by atoms with Crippen molar-refractivity contribution in [2.24, 2.45) is 0 Å². The van der Waals surface area contributed by atoms with Crippen molar-refractivity contribution in [1.29, 1.82) is 0 Å². The van der Waals surface area contributed by atoms with Crippen LogP contribution in [0.15, 0.2) is 54.9 Å². The maximum atomic E-state index is 14.0. The molecule has 1 unspecified atom stereocenters. The number of carbonyl (C=O) groups is 1. The number of halogens is 3. The summed E-state index contributed by atoms with van der Waals surface area (Å²) in [5, 5.41) is 23.1. The predicted molar refractivity (Wildman–Crippen MR) is 147 cm³/mol. The Kier molecular flexibility index (Phi) is 8.60. The van der Waals surface area contributed by atoms with Crippen molar-refractivity contribution in [3.05, 3.63) is 78.1 Å². The van der Waals surface area contributed by atoms with E-state index in [9.17, 15) is 32.7 Å². The minimum atomic E-state index is -4.69. The van der Waals surface area contributed by atoms with Crippen LogP contribution in [0, 0.1) is 30.1 Å². The summed E-state index contributed by atoms with van der Waals surface area (Å²) >= 11 is 0. The number of aliphatic hydroxyl groups excluding tert-OH is 1. The Morgan fingerprint density at radius 3 is 2.61 bits per heavy atom. The summed E-state index contributed by atoms with van der Waals surface area (Å²) in [6.45, 7) is -0.794. The van der Waals surface area contributed by atoms with Crippen LogP contribution in [0.2, 0.25) is 0 Å². The third-order valence-electron chi connectivity index (χ3n) is 6.68. The molecule has 1 saturated heterocycles. The first-order valence-corrected chi connectivity index (χ1v) is 14.4. The van der Waals surface area contributed by atoms with Gasteiger partial charge in [-0.1, -0.05) is 24.1 Å². The van der Waals surface area contributed by atoms with E-state index in [1.807, 2.05) is 0 Å². The molecule has 5 N–H and O–H groups in total. The lowest BCUT2D eigenvalue weighted by molar-refractivity contribution is -0.139. The number of hydrogen-bond acceptors (Lipinski definition) is 10. The smallest absolute Gasteiger partial charge is 0.459 e. The van der Waals surface area contributed by atoms with E-state index in [0.29, 0.717) is 6.07 Å². The van der Waals surface area contributed by atoms with Gasteiger partial charge in [-0.3, -0.25) is 13.9 Å². The fraction of sp³-hybridized carbons (Fsp3) is 0.259. The molecule has 5 atom stereocenters. The van der Waals surface area contributed by atoms with Crippen LogP contribution in [0.25, 0.3) is 11.2 Å². The highest BCUT2D eigenvalue weighted by atomic mass is 31.2. The normalized spacial score (nSPS) is 21.9. The highest BCUT2D eigenvalue weighted by Gasteiger charge is 2.50. The lowest BCUT2D eigenvalue weighted by Crippen LogP contribution is -2.44. The van der Waals surface area contributed by atoms with Crippen LogP contribution in [0.5, 0.6) is 5.75 Å². The molecule has 230 valence electrons. The van der Waals surface area contributed by atoms with Crippen molar-refractivity contribution in [3.63, 3.8) is 0 Å². The van der Waals surface area contributed by atoms with Gasteiger partial charge in [-0.15, -0.1) is 6.42 Å². The molecule has 0 amide bonds. The van der Waals surface area contributed by atoms with Crippen LogP contribution in [-0.4, -0.2) is 60.1 Å². The van der Waals surface area contributed by atoms with Crippen LogP contribution in [0.1, 0.15) is 18.2 Å². The van der Waals surface area contributed by atoms with Gasteiger partial charge < -0.3 is 25.2 Å². The molecular formula is C27H24F3N6O7P. The topological polar surface area (TPSA) is 184 Å². The summed E-state index contributed by atoms with van der Waals surface area (Å²) in [6, 6.07) is 8.31. The fourth-order valence-electron chi connectivity index (χ4n) is 4.58. The minimum absolute atomic E-state index is 0.00831. The molecule has 2 aromatic heterocycles. The number of anilines is 1. The number of aromatic nitrogens is 4. The first-order chi connectivity index (χ1) is 20.9. The van der Waals surface area contributed by atoms with Gasteiger partial charge in [0.15, 0.2) is 22.6 Å². The maximum Gasteiger partial charge on any atom is 0.459 e.